The summed E-state index contributed by atoms with van der Waals surface area (Å²) in [7, 11) is -3.29. The smallest absolute Gasteiger partial charge is 0.318 e. The predicted molar refractivity (Wildman–Crippen MR) is 118 cm³/mol. The van der Waals surface area contributed by atoms with E-state index in [0.717, 1.165) is 6.26 Å². The Balaban J connectivity index is 2.38. The maximum absolute atomic E-state index is 12.8. The van der Waals surface area contributed by atoms with Crippen molar-refractivity contribution in [3.8, 4) is 0 Å². The van der Waals surface area contributed by atoms with Crippen LogP contribution < -0.4 is 5.32 Å². The first-order chi connectivity index (χ1) is 14.0. The van der Waals surface area contributed by atoms with Gasteiger partial charge in [-0.15, -0.1) is 0 Å². The lowest BCUT2D eigenvalue weighted by molar-refractivity contribution is -0.151. The molecule has 1 heterocycles. The van der Waals surface area contributed by atoms with E-state index >= 15 is 0 Å². The van der Waals surface area contributed by atoms with Crippen molar-refractivity contribution in [1.29, 1.82) is 0 Å². The average Bonchev–Trinajstić information content (AvgIpc) is 3.03. The normalized spacial score (nSPS) is 13.5. The van der Waals surface area contributed by atoms with Crippen LogP contribution in [0.25, 0.3) is 0 Å². The molecule has 8 nitrogen and oxygen atoms in total. The molecule has 1 aromatic carbocycles. The maximum Gasteiger partial charge on any atom is 0.318 e. The molecular formula is C19H23BrN2O6S2. The number of esters is 1. The first-order valence-electron chi connectivity index (χ1n) is 9.16. The van der Waals surface area contributed by atoms with Gasteiger partial charge in [0.15, 0.2) is 15.0 Å². The molecule has 0 amide bonds. The van der Waals surface area contributed by atoms with Crippen molar-refractivity contribution < 1.29 is 27.9 Å². The minimum Gasteiger partial charge on any atom is -0.481 e. The number of aliphatic carboxylic acids is 1. The summed E-state index contributed by atoms with van der Waals surface area (Å²) in [6.45, 7) is 3.66. The Morgan fingerprint density at radius 1 is 1.27 bits per heavy atom. The molecule has 1 atom stereocenters. The molecule has 0 saturated heterocycles. The Morgan fingerprint density at radius 3 is 2.40 bits per heavy atom. The molecule has 0 spiro atoms. The third kappa shape index (κ3) is 5.58. The molecule has 0 fully saturated rings. The SMILES string of the molecule is CCOC(=O)C(CC)(CCC(=O)O)c1nc(Nc2ccc(S(C)(=O)=O)cc2)sc1Br. The zero-order chi connectivity index (χ0) is 22.5. The number of ether oxygens (including phenoxy) is 1. The standard InChI is InChI=1S/C19H23BrN2O6S2/c1-4-19(11-10-14(23)24,17(25)28-5-2)15-16(20)29-18(22-15)21-12-6-8-13(9-7-12)30(3,26)27/h6-9H,4-5,10-11H2,1-3H3,(H,21,22)(H,23,24). The molecule has 1 unspecified atom stereocenters. The molecule has 0 aliphatic heterocycles. The lowest BCUT2D eigenvalue weighted by Crippen LogP contribution is -2.38. The molecule has 2 aromatic rings. The highest BCUT2D eigenvalue weighted by atomic mass is 79.9. The van der Waals surface area contributed by atoms with Crippen LogP contribution in [-0.2, 0) is 29.6 Å². The summed E-state index contributed by atoms with van der Waals surface area (Å²) in [5, 5.41) is 12.7. The number of nitrogens with one attached hydrogen (secondary N) is 1. The third-order valence-electron chi connectivity index (χ3n) is 4.61. The molecule has 0 radical (unpaired) electrons. The lowest BCUT2D eigenvalue weighted by Gasteiger charge is -2.28. The minimum atomic E-state index is -3.29. The van der Waals surface area contributed by atoms with E-state index in [4.69, 9.17) is 9.84 Å². The van der Waals surface area contributed by atoms with Crippen LogP contribution in [0.2, 0.25) is 0 Å². The number of benzene rings is 1. The number of anilines is 2. The average molecular weight is 519 g/mol. The van der Waals surface area contributed by atoms with Crippen LogP contribution >= 0.6 is 27.3 Å². The Hall–Kier alpha value is -1.98. The van der Waals surface area contributed by atoms with Gasteiger partial charge >= 0.3 is 11.9 Å². The molecule has 1 aromatic heterocycles. The van der Waals surface area contributed by atoms with Gasteiger partial charge in [0.25, 0.3) is 0 Å². The van der Waals surface area contributed by atoms with Crippen molar-refractivity contribution in [3.05, 3.63) is 33.7 Å². The van der Waals surface area contributed by atoms with Crippen LogP contribution in [0.3, 0.4) is 0 Å². The summed E-state index contributed by atoms with van der Waals surface area (Å²) in [6.07, 6.45) is 1.31. The highest BCUT2D eigenvalue weighted by Crippen LogP contribution is 2.42. The van der Waals surface area contributed by atoms with E-state index in [-0.39, 0.29) is 24.3 Å². The monoisotopic (exact) mass is 518 g/mol. The van der Waals surface area contributed by atoms with Crippen LogP contribution in [0, 0.1) is 0 Å². The molecule has 0 saturated carbocycles. The second-order valence-corrected chi connectivity index (χ2v) is 10.9. The van der Waals surface area contributed by atoms with Gasteiger partial charge in [-0.2, -0.15) is 0 Å². The second kappa shape index (κ2) is 9.88. The van der Waals surface area contributed by atoms with E-state index in [1.54, 1.807) is 26.0 Å². The number of carbonyl (C=O) groups is 2. The van der Waals surface area contributed by atoms with Crippen LogP contribution in [0.15, 0.2) is 32.9 Å². The van der Waals surface area contributed by atoms with Gasteiger partial charge in [0, 0.05) is 18.4 Å². The summed E-state index contributed by atoms with van der Waals surface area (Å²) in [5.74, 6) is -1.52. The van der Waals surface area contributed by atoms with Gasteiger partial charge in [-0.25, -0.2) is 13.4 Å². The van der Waals surface area contributed by atoms with Crippen molar-refractivity contribution in [3.63, 3.8) is 0 Å². The Kier molecular flexibility index (Phi) is 8.00. The Labute approximate surface area is 187 Å². The molecule has 0 bridgehead atoms. The fourth-order valence-corrected chi connectivity index (χ4v) is 5.33. The minimum absolute atomic E-state index is 0.0580. The number of sulfone groups is 1. The maximum atomic E-state index is 12.8. The number of carboxylic acid groups (broad SMARTS) is 1. The van der Waals surface area contributed by atoms with Gasteiger partial charge < -0.3 is 15.2 Å². The lowest BCUT2D eigenvalue weighted by atomic mass is 9.78. The molecule has 0 aliphatic carbocycles. The quantitative estimate of drug-likeness (QED) is 0.450. The highest BCUT2D eigenvalue weighted by Gasteiger charge is 2.44. The topological polar surface area (TPSA) is 123 Å². The summed E-state index contributed by atoms with van der Waals surface area (Å²) in [6, 6.07) is 6.22. The summed E-state index contributed by atoms with van der Waals surface area (Å²) in [5.41, 5.74) is -0.145. The number of nitrogens with zero attached hydrogens (tertiary/aromatic N) is 1. The molecule has 11 heteroatoms. The fraction of sp³-hybridized carbons (Fsp3) is 0.421. The third-order valence-corrected chi connectivity index (χ3v) is 7.36. The number of hydrogen-bond donors (Lipinski definition) is 2. The second-order valence-electron chi connectivity index (χ2n) is 6.61. The molecule has 2 rings (SSSR count). The van der Waals surface area contributed by atoms with Crippen LogP contribution in [-0.4, -0.2) is 43.3 Å². The van der Waals surface area contributed by atoms with Crippen molar-refractivity contribution in [2.24, 2.45) is 0 Å². The summed E-state index contributed by atoms with van der Waals surface area (Å²) < 4.78 is 29.0. The summed E-state index contributed by atoms with van der Waals surface area (Å²) >= 11 is 4.70. The number of thiazole rings is 1. The van der Waals surface area contributed by atoms with E-state index in [1.807, 2.05) is 0 Å². The predicted octanol–water partition coefficient (Wildman–Crippen LogP) is 4.13. The van der Waals surface area contributed by atoms with E-state index in [9.17, 15) is 18.0 Å². The first kappa shape index (κ1) is 24.3. The number of carbonyl (C=O) groups excluding carboxylic acids is 1. The van der Waals surface area contributed by atoms with E-state index < -0.39 is 27.2 Å². The van der Waals surface area contributed by atoms with Crippen LogP contribution in [0.4, 0.5) is 10.8 Å². The van der Waals surface area contributed by atoms with Crippen molar-refractivity contribution in [1.82, 2.24) is 4.98 Å². The highest BCUT2D eigenvalue weighted by molar-refractivity contribution is 9.11. The molecule has 2 N–H and O–H groups in total. The largest absolute Gasteiger partial charge is 0.481 e. The molecule has 164 valence electrons. The van der Waals surface area contributed by atoms with Gasteiger partial charge in [0.1, 0.15) is 5.41 Å². The number of hydrogen-bond acceptors (Lipinski definition) is 8. The molecular weight excluding hydrogens is 496 g/mol. The summed E-state index contributed by atoms with van der Waals surface area (Å²) in [4.78, 5) is 28.7. The van der Waals surface area contributed by atoms with E-state index in [0.29, 0.717) is 26.7 Å². The van der Waals surface area contributed by atoms with Gasteiger partial charge in [0.05, 0.1) is 21.0 Å². The van der Waals surface area contributed by atoms with E-state index in [2.05, 4.69) is 26.2 Å². The van der Waals surface area contributed by atoms with Gasteiger partial charge in [-0.3, -0.25) is 9.59 Å². The Bertz CT molecular complexity index is 1020. The number of halogens is 1. The van der Waals surface area contributed by atoms with Gasteiger partial charge in [-0.1, -0.05) is 18.3 Å². The van der Waals surface area contributed by atoms with Crippen LogP contribution in [0.5, 0.6) is 0 Å². The van der Waals surface area contributed by atoms with Crippen molar-refractivity contribution >= 4 is 59.9 Å². The Morgan fingerprint density at radius 2 is 1.90 bits per heavy atom. The van der Waals surface area contributed by atoms with E-state index in [1.165, 1.54) is 23.5 Å². The zero-order valence-electron chi connectivity index (χ0n) is 16.8. The van der Waals surface area contributed by atoms with Crippen molar-refractivity contribution in [2.45, 2.75) is 43.4 Å². The number of rotatable bonds is 10. The fourth-order valence-electron chi connectivity index (χ4n) is 2.95. The molecule has 30 heavy (non-hydrogen) atoms. The van der Waals surface area contributed by atoms with Gasteiger partial charge in [-0.05, 0) is 60.0 Å². The zero-order valence-corrected chi connectivity index (χ0v) is 20.0. The molecule has 0 aliphatic rings. The number of aromatic nitrogens is 1. The van der Waals surface area contributed by atoms with Crippen LogP contribution in [0.1, 0.15) is 38.8 Å². The van der Waals surface area contributed by atoms with Gasteiger partial charge in [0.2, 0.25) is 0 Å². The first-order valence-corrected chi connectivity index (χ1v) is 12.7. The van der Waals surface area contributed by atoms with Crippen molar-refractivity contribution in [2.75, 3.05) is 18.2 Å². The number of carboxylic acids is 1.